The van der Waals surface area contributed by atoms with Crippen molar-refractivity contribution >= 4 is 17.6 Å². The fraction of sp³-hybridized carbons (Fsp3) is 0.467. The molecule has 1 aliphatic heterocycles. The number of hydrogen-bond donors (Lipinski definition) is 2. The number of carbonyl (C=O) groups excluding carboxylic acids is 1. The summed E-state index contributed by atoms with van der Waals surface area (Å²) in [6.07, 6.45) is 0.739. The molecule has 1 heterocycles. The van der Waals surface area contributed by atoms with Crippen LogP contribution in [0.1, 0.15) is 34.8 Å². The summed E-state index contributed by atoms with van der Waals surface area (Å²) in [6, 6.07) is 3.43. The van der Waals surface area contributed by atoms with Gasteiger partial charge in [0, 0.05) is 0 Å². The van der Waals surface area contributed by atoms with E-state index in [9.17, 15) is 14.7 Å². The zero-order valence-corrected chi connectivity index (χ0v) is 11.9. The molecular weight excluding hydrogens is 258 g/mol. The molecule has 1 amide bonds. The number of carboxylic acid groups (broad SMARTS) is 1. The Morgan fingerprint density at radius 3 is 2.60 bits per heavy atom. The molecule has 2 atom stereocenters. The highest BCUT2D eigenvalue weighted by Gasteiger charge is 2.29. The number of rotatable bonds is 3. The van der Waals surface area contributed by atoms with Crippen molar-refractivity contribution in [2.45, 2.75) is 33.3 Å². The molecule has 0 radical (unpaired) electrons. The largest absolute Gasteiger partial charge is 0.478 e. The van der Waals surface area contributed by atoms with Crippen LogP contribution in [-0.4, -0.2) is 29.7 Å². The van der Waals surface area contributed by atoms with E-state index in [-0.39, 0.29) is 23.5 Å². The van der Waals surface area contributed by atoms with Crippen molar-refractivity contribution in [3.63, 3.8) is 0 Å². The summed E-state index contributed by atoms with van der Waals surface area (Å²) in [5, 5.41) is 12.0. The van der Waals surface area contributed by atoms with Crippen LogP contribution in [0.4, 0.5) is 5.69 Å². The summed E-state index contributed by atoms with van der Waals surface area (Å²) in [5.74, 6) is -1.43. The summed E-state index contributed by atoms with van der Waals surface area (Å²) < 4.78 is 5.37. The lowest BCUT2D eigenvalue weighted by Crippen LogP contribution is -2.24. The lowest BCUT2D eigenvalue weighted by Gasteiger charge is -2.15. The van der Waals surface area contributed by atoms with Crippen LogP contribution in [0.2, 0.25) is 0 Å². The Morgan fingerprint density at radius 2 is 2.05 bits per heavy atom. The molecule has 2 N–H and O–H groups in total. The molecule has 108 valence electrons. The number of anilines is 1. The zero-order chi connectivity index (χ0) is 14.9. The summed E-state index contributed by atoms with van der Waals surface area (Å²) in [7, 11) is 0. The topological polar surface area (TPSA) is 75.6 Å². The van der Waals surface area contributed by atoms with Crippen molar-refractivity contribution in [3.8, 4) is 0 Å². The Labute approximate surface area is 117 Å². The van der Waals surface area contributed by atoms with Gasteiger partial charge in [-0.2, -0.15) is 0 Å². The van der Waals surface area contributed by atoms with Crippen molar-refractivity contribution < 1.29 is 19.4 Å². The maximum atomic E-state index is 12.2. The number of amides is 1. The number of nitrogens with one attached hydrogen (secondary N) is 1. The van der Waals surface area contributed by atoms with Crippen molar-refractivity contribution in [3.05, 3.63) is 28.8 Å². The Morgan fingerprint density at radius 1 is 1.35 bits per heavy atom. The average molecular weight is 277 g/mol. The number of aromatic carboxylic acids is 1. The van der Waals surface area contributed by atoms with Gasteiger partial charge in [-0.05, 0) is 44.4 Å². The predicted molar refractivity (Wildman–Crippen MR) is 75.0 cm³/mol. The van der Waals surface area contributed by atoms with E-state index in [4.69, 9.17) is 4.74 Å². The monoisotopic (exact) mass is 277 g/mol. The molecule has 2 unspecified atom stereocenters. The van der Waals surface area contributed by atoms with Crippen LogP contribution >= 0.6 is 0 Å². The normalized spacial score (nSPS) is 21.8. The zero-order valence-electron chi connectivity index (χ0n) is 11.9. The van der Waals surface area contributed by atoms with Gasteiger partial charge in [0.2, 0.25) is 5.91 Å². The first-order chi connectivity index (χ1) is 9.38. The van der Waals surface area contributed by atoms with Gasteiger partial charge < -0.3 is 15.2 Å². The number of ether oxygens (including phenoxy) is 1. The number of carboxylic acids is 1. The molecular formula is C15H19NO4. The minimum absolute atomic E-state index is 0.0730. The van der Waals surface area contributed by atoms with E-state index in [1.807, 2.05) is 19.9 Å². The first-order valence-electron chi connectivity index (χ1n) is 6.65. The summed E-state index contributed by atoms with van der Waals surface area (Å²) in [5.41, 5.74) is 2.12. The van der Waals surface area contributed by atoms with Gasteiger partial charge in [-0.3, -0.25) is 4.79 Å². The first-order valence-corrected chi connectivity index (χ1v) is 6.65. The second-order valence-corrected chi connectivity index (χ2v) is 5.38. The lowest BCUT2D eigenvalue weighted by molar-refractivity contribution is -0.119. The fourth-order valence-corrected chi connectivity index (χ4v) is 2.53. The van der Waals surface area contributed by atoms with E-state index in [1.165, 1.54) is 0 Å². The quantitative estimate of drug-likeness (QED) is 0.889. The molecule has 0 aromatic heterocycles. The van der Waals surface area contributed by atoms with Crippen LogP contribution in [0, 0.1) is 19.8 Å². The Balaban J connectivity index is 2.24. The summed E-state index contributed by atoms with van der Waals surface area (Å²) >= 11 is 0. The molecule has 2 rings (SSSR count). The van der Waals surface area contributed by atoms with Crippen molar-refractivity contribution in [1.29, 1.82) is 0 Å². The molecule has 1 aliphatic rings. The van der Waals surface area contributed by atoms with E-state index in [1.54, 1.807) is 13.0 Å². The molecule has 5 heteroatoms. The van der Waals surface area contributed by atoms with Gasteiger partial charge in [-0.15, -0.1) is 0 Å². The van der Waals surface area contributed by atoms with E-state index < -0.39 is 5.97 Å². The van der Waals surface area contributed by atoms with Gasteiger partial charge in [0.1, 0.15) is 0 Å². The van der Waals surface area contributed by atoms with Crippen molar-refractivity contribution in [1.82, 2.24) is 0 Å². The third-order valence-corrected chi connectivity index (χ3v) is 3.53. The number of benzene rings is 1. The van der Waals surface area contributed by atoms with Gasteiger partial charge in [0.25, 0.3) is 0 Å². The first kappa shape index (κ1) is 14.5. The van der Waals surface area contributed by atoms with Crippen LogP contribution in [0.25, 0.3) is 0 Å². The second-order valence-electron chi connectivity index (χ2n) is 5.38. The SMILES string of the molecule is Cc1cc(C)c(NC(=O)C2COC(C)C2)c(C(=O)O)c1. The minimum atomic E-state index is -1.04. The lowest BCUT2D eigenvalue weighted by atomic mass is 10.0. The van der Waals surface area contributed by atoms with E-state index in [2.05, 4.69) is 5.32 Å². The molecule has 1 aromatic rings. The number of hydrogen-bond acceptors (Lipinski definition) is 3. The van der Waals surface area contributed by atoms with Crippen LogP contribution in [0.5, 0.6) is 0 Å². The maximum absolute atomic E-state index is 12.2. The van der Waals surface area contributed by atoms with Crippen LogP contribution in [0.15, 0.2) is 12.1 Å². The highest BCUT2D eigenvalue weighted by molar-refractivity contribution is 6.02. The summed E-state index contributed by atoms with van der Waals surface area (Å²) in [4.78, 5) is 23.5. The third-order valence-electron chi connectivity index (χ3n) is 3.53. The van der Waals surface area contributed by atoms with Crippen molar-refractivity contribution in [2.75, 3.05) is 11.9 Å². The van der Waals surface area contributed by atoms with Crippen molar-refractivity contribution in [2.24, 2.45) is 5.92 Å². The minimum Gasteiger partial charge on any atom is -0.478 e. The van der Waals surface area contributed by atoms with Gasteiger partial charge in [-0.25, -0.2) is 4.79 Å². The number of carbonyl (C=O) groups is 2. The van der Waals surface area contributed by atoms with E-state index in [0.29, 0.717) is 18.7 Å². The van der Waals surface area contributed by atoms with Gasteiger partial charge in [-0.1, -0.05) is 6.07 Å². The highest BCUT2D eigenvalue weighted by atomic mass is 16.5. The predicted octanol–water partition coefficient (Wildman–Crippen LogP) is 2.37. The molecule has 1 saturated heterocycles. The Kier molecular flexibility index (Phi) is 4.09. The van der Waals surface area contributed by atoms with Gasteiger partial charge in [0.05, 0.1) is 29.9 Å². The molecule has 0 spiro atoms. The maximum Gasteiger partial charge on any atom is 0.337 e. The average Bonchev–Trinajstić information content (AvgIpc) is 2.78. The summed E-state index contributed by atoms with van der Waals surface area (Å²) in [6.45, 7) is 5.94. The molecule has 1 fully saturated rings. The Hall–Kier alpha value is -1.88. The standard InChI is InChI=1S/C15H19NO4/c1-8-4-9(2)13(12(5-8)15(18)19)16-14(17)11-6-10(3)20-7-11/h4-5,10-11H,6-7H2,1-3H3,(H,16,17)(H,18,19). The molecule has 0 bridgehead atoms. The second kappa shape index (κ2) is 5.63. The van der Waals surface area contributed by atoms with Crippen LogP contribution in [-0.2, 0) is 9.53 Å². The number of aryl methyl sites for hydroxylation is 2. The highest BCUT2D eigenvalue weighted by Crippen LogP contribution is 2.26. The van der Waals surface area contributed by atoms with Gasteiger partial charge >= 0.3 is 5.97 Å². The smallest absolute Gasteiger partial charge is 0.337 e. The van der Waals surface area contributed by atoms with Gasteiger partial charge in [0.15, 0.2) is 0 Å². The molecule has 20 heavy (non-hydrogen) atoms. The molecule has 0 saturated carbocycles. The molecule has 1 aromatic carbocycles. The molecule has 0 aliphatic carbocycles. The third kappa shape index (κ3) is 2.99. The molecule has 5 nitrogen and oxygen atoms in total. The van der Waals surface area contributed by atoms with Crippen LogP contribution < -0.4 is 5.32 Å². The van der Waals surface area contributed by atoms with Crippen LogP contribution in [0.3, 0.4) is 0 Å². The fourth-order valence-electron chi connectivity index (χ4n) is 2.53. The Bertz CT molecular complexity index is 553. The van der Waals surface area contributed by atoms with E-state index >= 15 is 0 Å². The van der Waals surface area contributed by atoms with E-state index in [0.717, 1.165) is 11.1 Å².